The van der Waals surface area contributed by atoms with Gasteiger partial charge in [-0.15, -0.1) is 11.3 Å². The van der Waals surface area contributed by atoms with E-state index in [0.717, 1.165) is 0 Å². The molecule has 3 heterocycles. The Kier molecular flexibility index (Phi) is 3.01. The monoisotopic (exact) mass is 302 g/mol. The van der Waals surface area contributed by atoms with Gasteiger partial charge in [-0.2, -0.15) is 4.31 Å². The summed E-state index contributed by atoms with van der Waals surface area (Å²) in [5.74, 6) is 0.0468. The Labute approximate surface area is 114 Å². The number of nitrogens with zero attached hydrogens (tertiary/aromatic N) is 3. The zero-order valence-electron chi connectivity index (χ0n) is 10.3. The molecule has 7 nitrogen and oxygen atoms in total. The molecule has 2 N–H and O–H groups in total. The molecule has 1 unspecified atom stereocenters. The van der Waals surface area contributed by atoms with Gasteiger partial charge < -0.3 is 10.5 Å². The number of nitrogens with two attached hydrogens (primary N) is 1. The number of nitrogen functional groups attached to an aromatic ring is 1. The number of thiazole rings is 1. The van der Waals surface area contributed by atoms with Crippen molar-refractivity contribution in [1.82, 2.24) is 13.7 Å². The number of aromatic nitrogens is 2. The molecular weight excluding hydrogens is 288 g/mol. The maximum Gasteiger partial charge on any atom is 0.263 e. The van der Waals surface area contributed by atoms with Crippen molar-refractivity contribution in [2.75, 3.05) is 25.5 Å². The minimum absolute atomic E-state index is 0.0468. The summed E-state index contributed by atoms with van der Waals surface area (Å²) in [6.07, 6.45) is 1.67. The minimum Gasteiger partial charge on any atom is -0.381 e. The molecule has 1 atom stereocenters. The third kappa shape index (κ3) is 1.93. The molecule has 0 radical (unpaired) electrons. The fraction of sp³-hybridized carbons (Fsp3) is 0.500. The van der Waals surface area contributed by atoms with Gasteiger partial charge in [-0.1, -0.05) is 0 Å². The molecule has 9 heteroatoms. The second-order valence-electron chi connectivity index (χ2n) is 4.40. The van der Waals surface area contributed by atoms with Crippen molar-refractivity contribution in [3.63, 3.8) is 0 Å². The molecule has 3 rings (SSSR count). The van der Waals surface area contributed by atoms with Crippen molar-refractivity contribution in [2.24, 2.45) is 0 Å². The average Bonchev–Trinajstić information content (AvgIpc) is 2.88. The van der Waals surface area contributed by atoms with Crippen molar-refractivity contribution >= 4 is 32.1 Å². The highest BCUT2D eigenvalue weighted by Crippen LogP contribution is 2.28. The molecule has 104 valence electrons. The van der Waals surface area contributed by atoms with Gasteiger partial charge in [0.15, 0.2) is 15.8 Å². The minimum atomic E-state index is -3.66. The van der Waals surface area contributed by atoms with Crippen LogP contribution in [0.25, 0.3) is 4.96 Å². The van der Waals surface area contributed by atoms with Gasteiger partial charge in [0.25, 0.3) is 10.0 Å². The van der Waals surface area contributed by atoms with E-state index in [-0.39, 0.29) is 16.9 Å². The highest BCUT2D eigenvalue weighted by molar-refractivity contribution is 7.89. The number of hydrogen-bond donors (Lipinski definition) is 1. The predicted octanol–water partition coefficient (Wildman–Crippen LogP) is 0.387. The fourth-order valence-corrected chi connectivity index (χ4v) is 4.77. The third-order valence-corrected chi connectivity index (χ3v) is 5.91. The second kappa shape index (κ2) is 4.44. The molecule has 19 heavy (non-hydrogen) atoms. The molecule has 0 bridgehead atoms. The lowest BCUT2D eigenvalue weighted by atomic mass is 10.3. The van der Waals surface area contributed by atoms with Crippen LogP contribution in [0.1, 0.15) is 6.92 Å². The number of fused-ring (bicyclic) bond motifs is 1. The Morgan fingerprint density at radius 3 is 3.11 bits per heavy atom. The van der Waals surface area contributed by atoms with Gasteiger partial charge in [0.05, 0.1) is 13.2 Å². The molecule has 0 aliphatic carbocycles. The first-order valence-corrected chi connectivity index (χ1v) is 8.14. The third-order valence-electron chi connectivity index (χ3n) is 3.10. The summed E-state index contributed by atoms with van der Waals surface area (Å²) in [5.41, 5.74) is 5.77. The summed E-state index contributed by atoms with van der Waals surface area (Å²) < 4.78 is 33.7. The van der Waals surface area contributed by atoms with E-state index >= 15 is 0 Å². The van der Waals surface area contributed by atoms with Gasteiger partial charge in [0.1, 0.15) is 0 Å². The van der Waals surface area contributed by atoms with Crippen molar-refractivity contribution < 1.29 is 13.2 Å². The van der Waals surface area contributed by atoms with Crippen molar-refractivity contribution in [3.05, 3.63) is 11.6 Å². The Morgan fingerprint density at radius 2 is 2.37 bits per heavy atom. The summed E-state index contributed by atoms with van der Waals surface area (Å²) in [6.45, 7) is 2.94. The van der Waals surface area contributed by atoms with Crippen LogP contribution in [-0.4, -0.2) is 47.9 Å². The molecule has 1 aliphatic heterocycles. The standard InChI is InChI=1S/C10H14N4O3S2/c1-7-6-17-4-2-14(7)19(15,16)9-8(11)12-10-13(9)3-5-18-10/h3,5,7H,2,4,6,11H2,1H3. The molecular formula is C10H14N4O3S2. The first-order valence-electron chi connectivity index (χ1n) is 5.82. The Hall–Kier alpha value is -1.16. The maximum atomic E-state index is 12.7. The lowest BCUT2D eigenvalue weighted by molar-refractivity contribution is 0.0391. The first kappa shape index (κ1) is 12.9. The van der Waals surface area contributed by atoms with E-state index in [0.29, 0.717) is 24.7 Å². The summed E-state index contributed by atoms with van der Waals surface area (Å²) in [4.78, 5) is 4.66. The van der Waals surface area contributed by atoms with E-state index in [2.05, 4.69) is 4.98 Å². The number of hydrogen-bond acceptors (Lipinski definition) is 6. The van der Waals surface area contributed by atoms with E-state index in [1.165, 1.54) is 20.0 Å². The molecule has 2 aromatic heterocycles. The van der Waals surface area contributed by atoms with Crippen molar-refractivity contribution in [2.45, 2.75) is 18.0 Å². The zero-order valence-corrected chi connectivity index (χ0v) is 11.9. The summed E-state index contributed by atoms with van der Waals surface area (Å²) in [7, 11) is -3.66. The molecule has 2 aromatic rings. The molecule has 1 saturated heterocycles. The summed E-state index contributed by atoms with van der Waals surface area (Å²) in [6, 6.07) is -0.206. The maximum absolute atomic E-state index is 12.7. The van der Waals surface area contributed by atoms with Crippen LogP contribution in [-0.2, 0) is 14.8 Å². The topological polar surface area (TPSA) is 89.9 Å². The molecule has 0 saturated carbocycles. The Balaban J connectivity index is 2.13. The van der Waals surface area contributed by atoms with E-state index in [9.17, 15) is 8.42 Å². The van der Waals surface area contributed by atoms with Gasteiger partial charge in [-0.3, -0.25) is 4.40 Å². The smallest absolute Gasteiger partial charge is 0.263 e. The highest BCUT2D eigenvalue weighted by atomic mass is 32.2. The van der Waals surface area contributed by atoms with Crippen LogP contribution in [0.3, 0.4) is 0 Å². The Morgan fingerprint density at radius 1 is 1.58 bits per heavy atom. The number of ether oxygens (including phenoxy) is 1. The summed E-state index contributed by atoms with van der Waals surface area (Å²) in [5, 5.41) is 1.83. The van der Waals surface area contributed by atoms with E-state index < -0.39 is 10.0 Å². The van der Waals surface area contributed by atoms with Crippen LogP contribution < -0.4 is 5.73 Å². The van der Waals surface area contributed by atoms with Gasteiger partial charge in [0.2, 0.25) is 0 Å². The predicted molar refractivity (Wildman–Crippen MR) is 71.7 cm³/mol. The Bertz CT molecular complexity index is 705. The molecule has 0 aromatic carbocycles. The lowest BCUT2D eigenvalue weighted by Gasteiger charge is -2.31. The van der Waals surface area contributed by atoms with Gasteiger partial charge in [0, 0.05) is 24.2 Å². The van der Waals surface area contributed by atoms with Crippen LogP contribution in [0.15, 0.2) is 16.6 Å². The van der Waals surface area contributed by atoms with Gasteiger partial charge in [-0.25, -0.2) is 13.4 Å². The highest BCUT2D eigenvalue weighted by Gasteiger charge is 2.35. The second-order valence-corrected chi connectivity index (χ2v) is 7.08. The number of imidazole rings is 1. The lowest BCUT2D eigenvalue weighted by Crippen LogP contribution is -2.47. The largest absolute Gasteiger partial charge is 0.381 e. The van der Waals surface area contributed by atoms with Crippen molar-refractivity contribution in [1.29, 1.82) is 0 Å². The SMILES string of the molecule is CC1COCCN1S(=O)(=O)c1c(N)nc2sccn12. The fourth-order valence-electron chi connectivity index (χ4n) is 2.22. The number of rotatable bonds is 2. The number of morpholine rings is 1. The van der Waals surface area contributed by atoms with E-state index in [1.54, 1.807) is 11.6 Å². The molecule has 1 aliphatic rings. The van der Waals surface area contributed by atoms with Crippen LogP contribution in [0, 0.1) is 0 Å². The average molecular weight is 302 g/mol. The first-order chi connectivity index (χ1) is 9.01. The van der Waals surface area contributed by atoms with Crippen LogP contribution in [0.5, 0.6) is 0 Å². The normalized spacial score (nSPS) is 22.1. The van der Waals surface area contributed by atoms with Crippen LogP contribution >= 0.6 is 11.3 Å². The number of sulfonamides is 1. The van der Waals surface area contributed by atoms with Gasteiger partial charge >= 0.3 is 0 Å². The van der Waals surface area contributed by atoms with Gasteiger partial charge in [-0.05, 0) is 6.92 Å². The van der Waals surface area contributed by atoms with E-state index in [4.69, 9.17) is 10.5 Å². The summed E-state index contributed by atoms with van der Waals surface area (Å²) >= 11 is 1.35. The number of anilines is 1. The van der Waals surface area contributed by atoms with Crippen molar-refractivity contribution in [3.8, 4) is 0 Å². The molecule has 0 spiro atoms. The van der Waals surface area contributed by atoms with Crippen LogP contribution in [0.4, 0.5) is 5.82 Å². The van der Waals surface area contributed by atoms with E-state index in [1.807, 2.05) is 6.92 Å². The van der Waals surface area contributed by atoms with Crippen LogP contribution in [0.2, 0.25) is 0 Å². The molecule has 1 fully saturated rings. The molecule has 0 amide bonds. The zero-order chi connectivity index (χ0) is 13.6. The quantitative estimate of drug-likeness (QED) is 0.866.